The number of nitrogens with two attached hydrogens (primary N) is 1. The molecule has 0 bridgehead atoms. The molecular weight excluding hydrogens is 204 g/mol. The van der Waals surface area contributed by atoms with Crippen molar-refractivity contribution in [3.05, 3.63) is 0 Å². The molecule has 0 spiro atoms. The normalized spacial score (nSPS) is 27.9. The third-order valence-electron chi connectivity index (χ3n) is 3.15. The summed E-state index contributed by atoms with van der Waals surface area (Å²) in [6.07, 6.45) is 1.96. The second-order valence-electron chi connectivity index (χ2n) is 4.82. The summed E-state index contributed by atoms with van der Waals surface area (Å²) in [6.45, 7) is 8.07. The topological polar surface area (TPSA) is 55.6 Å². The highest BCUT2D eigenvalue weighted by Gasteiger charge is 2.29. The quantitative estimate of drug-likeness (QED) is 0.781. The summed E-state index contributed by atoms with van der Waals surface area (Å²) in [5, 5.41) is 0. The Balaban J connectivity index is 2.50. The van der Waals surface area contributed by atoms with Gasteiger partial charge in [0.25, 0.3) is 0 Å². The van der Waals surface area contributed by atoms with Crippen LogP contribution in [0.15, 0.2) is 0 Å². The Bertz CT molecular complexity index is 233. The van der Waals surface area contributed by atoms with E-state index in [0.717, 1.165) is 12.8 Å². The highest BCUT2D eigenvalue weighted by molar-refractivity contribution is 5.78. The molecule has 1 aliphatic rings. The van der Waals surface area contributed by atoms with E-state index in [1.165, 1.54) is 0 Å². The van der Waals surface area contributed by atoms with Gasteiger partial charge in [-0.25, -0.2) is 0 Å². The van der Waals surface area contributed by atoms with Crippen LogP contribution in [-0.2, 0) is 9.53 Å². The fourth-order valence-corrected chi connectivity index (χ4v) is 2.04. The molecule has 1 rings (SSSR count). The Kier molecular flexibility index (Phi) is 5.22. The highest BCUT2D eigenvalue weighted by atomic mass is 16.5. The van der Waals surface area contributed by atoms with Crippen LogP contribution in [0, 0.1) is 5.92 Å². The Morgan fingerprint density at radius 1 is 1.56 bits per heavy atom. The lowest BCUT2D eigenvalue weighted by molar-refractivity contribution is -0.147. The van der Waals surface area contributed by atoms with Crippen molar-refractivity contribution in [2.45, 2.75) is 45.8 Å². The molecule has 1 amide bonds. The first-order valence-electron chi connectivity index (χ1n) is 6.18. The lowest BCUT2D eigenvalue weighted by Gasteiger charge is -2.38. The van der Waals surface area contributed by atoms with Crippen LogP contribution in [0.5, 0.6) is 0 Å². The summed E-state index contributed by atoms with van der Waals surface area (Å²) >= 11 is 0. The van der Waals surface area contributed by atoms with Crippen LogP contribution in [0.3, 0.4) is 0 Å². The van der Waals surface area contributed by atoms with Gasteiger partial charge < -0.3 is 15.4 Å². The summed E-state index contributed by atoms with van der Waals surface area (Å²) in [5.74, 6) is 0.326. The SMILES string of the molecule is CC1CN(C(=O)C(C)CCCN)C(C)CO1. The Labute approximate surface area is 98.1 Å². The molecular formula is C12H24N2O2. The maximum Gasteiger partial charge on any atom is 0.225 e. The average Bonchev–Trinajstić information content (AvgIpc) is 2.28. The first-order chi connectivity index (χ1) is 7.56. The van der Waals surface area contributed by atoms with E-state index < -0.39 is 0 Å². The molecule has 4 nitrogen and oxygen atoms in total. The first kappa shape index (κ1) is 13.5. The fraction of sp³-hybridized carbons (Fsp3) is 0.917. The summed E-state index contributed by atoms with van der Waals surface area (Å²) in [6, 6.07) is 0.198. The average molecular weight is 228 g/mol. The number of hydrogen-bond donors (Lipinski definition) is 1. The van der Waals surface area contributed by atoms with Crippen molar-refractivity contribution in [1.29, 1.82) is 0 Å². The minimum absolute atomic E-state index is 0.0799. The predicted octanol–water partition coefficient (Wildman–Crippen LogP) is 0.997. The van der Waals surface area contributed by atoms with Crippen LogP contribution < -0.4 is 5.73 Å². The summed E-state index contributed by atoms with van der Waals surface area (Å²) in [7, 11) is 0. The second kappa shape index (κ2) is 6.21. The minimum atomic E-state index is 0.0799. The van der Waals surface area contributed by atoms with Crippen LogP contribution in [0.1, 0.15) is 33.6 Å². The standard InChI is InChI=1S/C12H24N2O2/c1-9(5-4-6-13)12(15)14-7-11(3)16-8-10(14)2/h9-11H,4-8,13H2,1-3H3. The largest absolute Gasteiger partial charge is 0.375 e. The van der Waals surface area contributed by atoms with Crippen molar-refractivity contribution in [3.8, 4) is 0 Å². The molecule has 3 atom stereocenters. The summed E-state index contributed by atoms with van der Waals surface area (Å²) in [5.41, 5.74) is 5.46. The van der Waals surface area contributed by atoms with Crippen LogP contribution in [0.4, 0.5) is 0 Å². The van der Waals surface area contributed by atoms with E-state index in [4.69, 9.17) is 10.5 Å². The molecule has 4 heteroatoms. The van der Waals surface area contributed by atoms with Crippen LogP contribution in [0.25, 0.3) is 0 Å². The predicted molar refractivity (Wildman–Crippen MR) is 64.0 cm³/mol. The van der Waals surface area contributed by atoms with Gasteiger partial charge in [-0.1, -0.05) is 6.92 Å². The lowest BCUT2D eigenvalue weighted by Crippen LogP contribution is -2.51. The molecule has 0 saturated carbocycles. The van der Waals surface area contributed by atoms with E-state index in [2.05, 4.69) is 0 Å². The Morgan fingerprint density at radius 3 is 2.88 bits per heavy atom. The number of nitrogens with zero attached hydrogens (tertiary/aromatic N) is 1. The summed E-state index contributed by atoms with van der Waals surface area (Å²) in [4.78, 5) is 14.1. The number of carbonyl (C=O) groups excluding carboxylic acids is 1. The first-order valence-corrected chi connectivity index (χ1v) is 6.18. The number of ether oxygens (including phenoxy) is 1. The van der Waals surface area contributed by atoms with Gasteiger partial charge in [0.2, 0.25) is 5.91 Å². The van der Waals surface area contributed by atoms with Gasteiger partial charge in [0.1, 0.15) is 0 Å². The molecule has 3 unspecified atom stereocenters. The number of rotatable bonds is 4. The second-order valence-corrected chi connectivity index (χ2v) is 4.82. The lowest BCUT2D eigenvalue weighted by atomic mass is 10.0. The van der Waals surface area contributed by atoms with Crippen LogP contribution in [-0.4, -0.2) is 42.6 Å². The van der Waals surface area contributed by atoms with Gasteiger partial charge in [-0.3, -0.25) is 4.79 Å². The summed E-state index contributed by atoms with van der Waals surface area (Å²) < 4.78 is 5.52. The van der Waals surface area contributed by atoms with Gasteiger partial charge in [-0.15, -0.1) is 0 Å². The third kappa shape index (κ3) is 3.46. The van der Waals surface area contributed by atoms with E-state index in [9.17, 15) is 4.79 Å². The molecule has 2 N–H and O–H groups in total. The zero-order valence-electron chi connectivity index (χ0n) is 10.6. The monoisotopic (exact) mass is 228 g/mol. The highest BCUT2D eigenvalue weighted by Crippen LogP contribution is 2.17. The maximum atomic E-state index is 12.2. The minimum Gasteiger partial charge on any atom is -0.375 e. The maximum absolute atomic E-state index is 12.2. The zero-order chi connectivity index (χ0) is 12.1. The molecule has 1 heterocycles. The smallest absolute Gasteiger partial charge is 0.225 e. The van der Waals surface area contributed by atoms with Crippen molar-refractivity contribution in [2.75, 3.05) is 19.7 Å². The van der Waals surface area contributed by atoms with E-state index >= 15 is 0 Å². The van der Waals surface area contributed by atoms with Crippen LogP contribution in [0.2, 0.25) is 0 Å². The molecule has 0 aromatic carbocycles. The van der Waals surface area contributed by atoms with Crippen LogP contribution >= 0.6 is 0 Å². The number of carbonyl (C=O) groups is 1. The zero-order valence-corrected chi connectivity index (χ0v) is 10.6. The number of hydrogen-bond acceptors (Lipinski definition) is 3. The van der Waals surface area contributed by atoms with Crippen molar-refractivity contribution in [1.82, 2.24) is 4.90 Å². The Hall–Kier alpha value is -0.610. The van der Waals surface area contributed by atoms with Gasteiger partial charge in [-0.2, -0.15) is 0 Å². The molecule has 0 aliphatic carbocycles. The van der Waals surface area contributed by atoms with Crippen molar-refractivity contribution < 1.29 is 9.53 Å². The molecule has 16 heavy (non-hydrogen) atoms. The van der Waals surface area contributed by atoms with E-state index in [1.54, 1.807) is 0 Å². The Morgan fingerprint density at radius 2 is 2.25 bits per heavy atom. The molecule has 0 aromatic heterocycles. The van der Waals surface area contributed by atoms with Gasteiger partial charge in [0.15, 0.2) is 0 Å². The third-order valence-corrected chi connectivity index (χ3v) is 3.15. The molecule has 94 valence electrons. The fourth-order valence-electron chi connectivity index (χ4n) is 2.04. The number of amides is 1. The molecule has 1 saturated heterocycles. The van der Waals surface area contributed by atoms with Crippen molar-refractivity contribution in [2.24, 2.45) is 11.7 Å². The van der Waals surface area contributed by atoms with Gasteiger partial charge in [-0.05, 0) is 33.2 Å². The molecule has 1 fully saturated rings. The van der Waals surface area contributed by atoms with Crippen molar-refractivity contribution in [3.63, 3.8) is 0 Å². The van der Waals surface area contributed by atoms with Gasteiger partial charge in [0, 0.05) is 12.5 Å². The molecule has 0 aromatic rings. The number of morpholine rings is 1. The van der Waals surface area contributed by atoms with E-state index in [0.29, 0.717) is 19.7 Å². The molecule has 0 radical (unpaired) electrons. The molecule has 1 aliphatic heterocycles. The van der Waals surface area contributed by atoms with E-state index in [-0.39, 0.29) is 24.0 Å². The van der Waals surface area contributed by atoms with E-state index in [1.807, 2.05) is 25.7 Å². The van der Waals surface area contributed by atoms with Crippen molar-refractivity contribution >= 4 is 5.91 Å². The van der Waals surface area contributed by atoms with Gasteiger partial charge in [0.05, 0.1) is 18.8 Å². The van der Waals surface area contributed by atoms with Gasteiger partial charge >= 0.3 is 0 Å².